The third-order valence-corrected chi connectivity index (χ3v) is 3.16. The fraction of sp³-hybridized carbons (Fsp3) is 1.00. The molecule has 1 aliphatic carbocycles. The Morgan fingerprint density at radius 2 is 2.17 bits per heavy atom. The molecule has 12 heavy (non-hydrogen) atoms. The van der Waals surface area contributed by atoms with Crippen molar-refractivity contribution in [2.24, 2.45) is 5.92 Å². The fourth-order valence-electron chi connectivity index (χ4n) is 1.61. The molecule has 0 N–H and O–H groups in total. The quantitative estimate of drug-likeness (QED) is 0.661. The van der Waals surface area contributed by atoms with Crippen molar-refractivity contribution >= 4 is 15.9 Å². The zero-order valence-corrected chi connectivity index (χ0v) is 9.81. The van der Waals surface area contributed by atoms with Gasteiger partial charge in [0.25, 0.3) is 0 Å². The van der Waals surface area contributed by atoms with Crippen LogP contribution in [-0.2, 0) is 0 Å². The van der Waals surface area contributed by atoms with E-state index in [1.165, 1.54) is 38.8 Å². The molecule has 0 bridgehead atoms. The molecule has 0 aromatic heterocycles. The minimum absolute atomic E-state index is 0.668. The Bertz CT molecular complexity index is 121. The maximum atomic E-state index is 3.57. The monoisotopic (exact) mass is 233 g/mol. The van der Waals surface area contributed by atoms with Crippen molar-refractivity contribution in [2.75, 3.05) is 20.1 Å². The molecular weight excluding hydrogens is 214 g/mol. The minimum atomic E-state index is 0.668. The van der Waals surface area contributed by atoms with Crippen LogP contribution in [0.4, 0.5) is 0 Å². The first-order valence-corrected chi connectivity index (χ1v) is 5.92. The van der Waals surface area contributed by atoms with Crippen molar-refractivity contribution in [3.63, 3.8) is 0 Å². The van der Waals surface area contributed by atoms with E-state index in [-0.39, 0.29) is 0 Å². The number of nitrogens with zero attached hydrogens (tertiary/aromatic N) is 1. The van der Waals surface area contributed by atoms with Crippen LogP contribution in [0.25, 0.3) is 0 Å². The molecule has 0 saturated heterocycles. The fourth-order valence-corrected chi connectivity index (χ4v) is 1.81. The standard InChI is InChI=1S/C10H20BrN/c1-9(11)6-7-12(2)8-10-4-3-5-10/h9-10H,3-8H2,1-2H3. The lowest BCUT2D eigenvalue weighted by Gasteiger charge is -2.30. The Balaban J connectivity index is 1.98. The maximum absolute atomic E-state index is 3.57. The van der Waals surface area contributed by atoms with Gasteiger partial charge < -0.3 is 4.90 Å². The molecule has 1 rings (SSSR count). The highest BCUT2D eigenvalue weighted by Crippen LogP contribution is 2.26. The van der Waals surface area contributed by atoms with Crippen LogP contribution in [0.3, 0.4) is 0 Å². The highest BCUT2D eigenvalue weighted by Gasteiger charge is 2.18. The van der Waals surface area contributed by atoms with Crippen LogP contribution in [0.5, 0.6) is 0 Å². The number of halogens is 1. The summed E-state index contributed by atoms with van der Waals surface area (Å²) in [4.78, 5) is 3.14. The van der Waals surface area contributed by atoms with Crippen molar-refractivity contribution in [1.29, 1.82) is 0 Å². The topological polar surface area (TPSA) is 3.24 Å². The van der Waals surface area contributed by atoms with Crippen LogP contribution in [0.1, 0.15) is 32.6 Å². The van der Waals surface area contributed by atoms with E-state index in [0.717, 1.165) is 5.92 Å². The molecule has 1 aliphatic rings. The highest BCUT2D eigenvalue weighted by molar-refractivity contribution is 9.09. The molecule has 1 atom stereocenters. The lowest BCUT2D eigenvalue weighted by Crippen LogP contribution is -2.30. The van der Waals surface area contributed by atoms with E-state index in [2.05, 4.69) is 34.8 Å². The van der Waals surface area contributed by atoms with Gasteiger partial charge in [0.05, 0.1) is 0 Å². The average molecular weight is 234 g/mol. The van der Waals surface area contributed by atoms with Gasteiger partial charge in [-0.2, -0.15) is 0 Å². The summed E-state index contributed by atoms with van der Waals surface area (Å²) in [6.45, 7) is 4.78. The van der Waals surface area contributed by atoms with Gasteiger partial charge in [0, 0.05) is 11.4 Å². The van der Waals surface area contributed by atoms with Gasteiger partial charge >= 0.3 is 0 Å². The van der Waals surface area contributed by atoms with E-state index in [1.54, 1.807) is 0 Å². The van der Waals surface area contributed by atoms with Gasteiger partial charge in [-0.3, -0.25) is 0 Å². The molecule has 1 fully saturated rings. The Morgan fingerprint density at radius 3 is 2.58 bits per heavy atom. The summed E-state index contributed by atoms with van der Waals surface area (Å²) in [6, 6.07) is 0. The first kappa shape index (κ1) is 10.5. The number of hydrogen-bond donors (Lipinski definition) is 0. The Hall–Kier alpha value is 0.440. The molecule has 1 nitrogen and oxygen atoms in total. The van der Waals surface area contributed by atoms with Gasteiger partial charge in [0.2, 0.25) is 0 Å². The van der Waals surface area contributed by atoms with Crippen LogP contribution in [0.2, 0.25) is 0 Å². The molecule has 0 spiro atoms. The maximum Gasteiger partial charge on any atom is 0.0129 e. The minimum Gasteiger partial charge on any atom is -0.306 e. The van der Waals surface area contributed by atoms with Crippen molar-refractivity contribution in [3.8, 4) is 0 Å². The van der Waals surface area contributed by atoms with Crippen LogP contribution in [-0.4, -0.2) is 29.9 Å². The van der Waals surface area contributed by atoms with Crippen LogP contribution in [0, 0.1) is 5.92 Å². The van der Waals surface area contributed by atoms with Crippen LogP contribution in [0.15, 0.2) is 0 Å². The first-order valence-electron chi connectivity index (χ1n) is 5.01. The molecule has 0 aromatic carbocycles. The van der Waals surface area contributed by atoms with Gasteiger partial charge in [0.15, 0.2) is 0 Å². The summed E-state index contributed by atoms with van der Waals surface area (Å²) >= 11 is 3.57. The van der Waals surface area contributed by atoms with Gasteiger partial charge in [0.1, 0.15) is 0 Å². The van der Waals surface area contributed by atoms with E-state index in [4.69, 9.17) is 0 Å². The summed E-state index contributed by atoms with van der Waals surface area (Å²) < 4.78 is 0. The number of rotatable bonds is 5. The summed E-state index contributed by atoms with van der Waals surface area (Å²) in [5.41, 5.74) is 0. The first-order chi connectivity index (χ1) is 5.68. The molecule has 0 aromatic rings. The third kappa shape index (κ3) is 3.90. The SMILES string of the molecule is CC(Br)CCN(C)CC1CCC1. The van der Waals surface area contributed by atoms with Gasteiger partial charge in [-0.25, -0.2) is 0 Å². The Morgan fingerprint density at radius 1 is 1.50 bits per heavy atom. The zero-order chi connectivity index (χ0) is 8.97. The second-order valence-corrected chi connectivity index (χ2v) is 5.69. The summed E-state index contributed by atoms with van der Waals surface area (Å²) in [5, 5.41) is 0. The number of alkyl halides is 1. The van der Waals surface area contributed by atoms with Crippen molar-refractivity contribution in [2.45, 2.75) is 37.4 Å². The second-order valence-electron chi connectivity index (χ2n) is 4.13. The van der Waals surface area contributed by atoms with Gasteiger partial charge in [-0.15, -0.1) is 0 Å². The van der Waals surface area contributed by atoms with Crippen molar-refractivity contribution < 1.29 is 0 Å². The molecular formula is C10H20BrN. The molecule has 2 heteroatoms. The van der Waals surface area contributed by atoms with E-state index < -0.39 is 0 Å². The lowest BCUT2D eigenvalue weighted by molar-refractivity contribution is 0.204. The van der Waals surface area contributed by atoms with Crippen molar-refractivity contribution in [3.05, 3.63) is 0 Å². The van der Waals surface area contributed by atoms with E-state index in [9.17, 15) is 0 Å². The zero-order valence-electron chi connectivity index (χ0n) is 8.22. The van der Waals surface area contributed by atoms with Crippen LogP contribution >= 0.6 is 15.9 Å². The molecule has 1 unspecified atom stereocenters. The lowest BCUT2D eigenvalue weighted by atomic mass is 9.85. The Kier molecular flexibility index (Phi) is 4.59. The van der Waals surface area contributed by atoms with E-state index in [0.29, 0.717) is 4.83 Å². The van der Waals surface area contributed by atoms with Gasteiger partial charge in [-0.1, -0.05) is 29.3 Å². The van der Waals surface area contributed by atoms with Crippen molar-refractivity contribution in [1.82, 2.24) is 4.90 Å². The van der Waals surface area contributed by atoms with Crippen LogP contribution < -0.4 is 0 Å². The highest BCUT2D eigenvalue weighted by atomic mass is 79.9. The van der Waals surface area contributed by atoms with E-state index in [1.807, 2.05) is 0 Å². The number of hydrogen-bond acceptors (Lipinski definition) is 1. The summed E-state index contributed by atoms with van der Waals surface area (Å²) in [5.74, 6) is 1.01. The molecule has 0 aliphatic heterocycles. The molecule has 1 saturated carbocycles. The average Bonchev–Trinajstić information content (AvgIpc) is 1.93. The molecule has 72 valence electrons. The molecule has 0 amide bonds. The molecule has 0 radical (unpaired) electrons. The smallest absolute Gasteiger partial charge is 0.0129 e. The van der Waals surface area contributed by atoms with Gasteiger partial charge in [-0.05, 0) is 38.8 Å². The molecule has 0 heterocycles. The predicted octanol–water partition coefficient (Wildman–Crippen LogP) is 2.89. The largest absolute Gasteiger partial charge is 0.306 e. The summed E-state index contributed by atoms with van der Waals surface area (Å²) in [6.07, 6.45) is 5.67. The summed E-state index contributed by atoms with van der Waals surface area (Å²) in [7, 11) is 2.24. The third-order valence-electron chi connectivity index (χ3n) is 2.70. The predicted molar refractivity (Wildman–Crippen MR) is 57.8 cm³/mol. The second kappa shape index (κ2) is 5.23. The van der Waals surface area contributed by atoms with E-state index >= 15 is 0 Å². The normalized spacial score (nSPS) is 21.0. The Labute approximate surface area is 84.6 Å².